The molecule has 0 aliphatic rings. The van der Waals surface area contributed by atoms with Crippen LogP contribution in [0, 0.1) is 12.7 Å². The topological polar surface area (TPSA) is 76.1 Å². The van der Waals surface area contributed by atoms with Crippen LogP contribution < -0.4 is 10.6 Å². The van der Waals surface area contributed by atoms with Crippen molar-refractivity contribution in [1.29, 1.82) is 0 Å². The Morgan fingerprint density at radius 2 is 1.73 bits per heavy atom. The molecule has 6 nitrogen and oxygen atoms in total. The van der Waals surface area contributed by atoms with Crippen LogP contribution in [-0.4, -0.2) is 23.0 Å². The summed E-state index contributed by atoms with van der Waals surface area (Å²) < 4.78 is 18.0. The highest BCUT2D eigenvalue weighted by molar-refractivity contribution is 5.90. The summed E-state index contributed by atoms with van der Waals surface area (Å²) in [7, 11) is 1.33. The minimum Gasteiger partial charge on any atom is -0.465 e. The Hall–Kier alpha value is -3.48. The monoisotopic (exact) mass is 352 g/mol. The van der Waals surface area contributed by atoms with Gasteiger partial charge >= 0.3 is 5.97 Å². The number of nitrogens with zero attached hydrogens (tertiary/aromatic N) is 2. The Balaban J connectivity index is 1.83. The van der Waals surface area contributed by atoms with Crippen LogP contribution in [-0.2, 0) is 4.74 Å². The number of anilines is 4. The fourth-order valence-corrected chi connectivity index (χ4v) is 2.37. The molecule has 2 N–H and O–H groups in total. The number of esters is 1. The van der Waals surface area contributed by atoms with Crippen LogP contribution in [0.2, 0.25) is 0 Å². The van der Waals surface area contributed by atoms with E-state index in [0.717, 1.165) is 5.69 Å². The molecule has 0 aliphatic carbocycles. The molecule has 3 aromatic rings. The molecule has 7 heteroatoms. The molecule has 0 amide bonds. The largest absolute Gasteiger partial charge is 0.465 e. The lowest BCUT2D eigenvalue weighted by atomic mass is 10.2. The molecule has 132 valence electrons. The van der Waals surface area contributed by atoms with Crippen molar-refractivity contribution in [3.8, 4) is 0 Å². The van der Waals surface area contributed by atoms with Gasteiger partial charge in [-0.15, -0.1) is 0 Å². The second-order valence-electron chi connectivity index (χ2n) is 5.55. The minimum atomic E-state index is -0.416. The number of carbonyl (C=O) groups is 1. The van der Waals surface area contributed by atoms with Gasteiger partial charge < -0.3 is 15.4 Å². The molecule has 0 fully saturated rings. The maximum absolute atomic E-state index is 13.3. The van der Waals surface area contributed by atoms with E-state index in [1.807, 2.05) is 13.0 Å². The maximum Gasteiger partial charge on any atom is 0.337 e. The zero-order chi connectivity index (χ0) is 18.5. The standard InChI is InChI=1S/C19H17FN4O2/c1-12-9-17(22-15-7-3-5-13(10-15)18(25)26-2)24-19(21-12)23-16-8-4-6-14(20)11-16/h3-11H,1-2H3,(H2,21,22,23,24). The Morgan fingerprint density at radius 3 is 2.46 bits per heavy atom. The van der Waals surface area contributed by atoms with E-state index in [4.69, 9.17) is 4.74 Å². The third-order valence-corrected chi connectivity index (χ3v) is 3.49. The molecule has 0 bridgehead atoms. The number of hydrogen-bond acceptors (Lipinski definition) is 6. The van der Waals surface area contributed by atoms with Crippen molar-refractivity contribution in [2.24, 2.45) is 0 Å². The average molecular weight is 352 g/mol. The first-order valence-corrected chi connectivity index (χ1v) is 7.87. The summed E-state index contributed by atoms with van der Waals surface area (Å²) in [6.45, 7) is 1.83. The number of ether oxygens (including phenoxy) is 1. The third-order valence-electron chi connectivity index (χ3n) is 3.49. The molecule has 1 heterocycles. The molecule has 0 saturated heterocycles. The maximum atomic E-state index is 13.3. The summed E-state index contributed by atoms with van der Waals surface area (Å²) in [5.41, 5.74) is 2.39. The van der Waals surface area contributed by atoms with Crippen molar-refractivity contribution in [2.45, 2.75) is 6.92 Å². The summed E-state index contributed by atoms with van der Waals surface area (Å²) in [5, 5.41) is 6.10. The summed E-state index contributed by atoms with van der Waals surface area (Å²) in [6.07, 6.45) is 0. The molecule has 0 saturated carbocycles. The molecule has 0 unspecified atom stereocenters. The highest BCUT2D eigenvalue weighted by atomic mass is 19.1. The van der Waals surface area contributed by atoms with Gasteiger partial charge in [-0.05, 0) is 43.3 Å². The Kier molecular flexibility index (Phi) is 5.07. The molecule has 2 aromatic carbocycles. The first-order valence-electron chi connectivity index (χ1n) is 7.87. The van der Waals surface area contributed by atoms with Crippen LogP contribution in [0.5, 0.6) is 0 Å². The van der Waals surface area contributed by atoms with Crippen LogP contribution in [0.3, 0.4) is 0 Å². The van der Waals surface area contributed by atoms with Crippen LogP contribution in [0.25, 0.3) is 0 Å². The number of rotatable bonds is 5. The fraction of sp³-hybridized carbons (Fsp3) is 0.105. The number of carbonyl (C=O) groups excluding carboxylic acids is 1. The molecule has 3 rings (SSSR count). The number of nitrogens with one attached hydrogen (secondary N) is 2. The molecule has 0 atom stereocenters. The molecular weight excluding hydrogens is 335 g/mol. The van der Waals surface area contributed by atoms with Gasteiger partial charge in [-0.1, -0.05) is 12.1 Å². The van der Waals surface area contributed by atoms with E-state index >= 15 is 0 Å². The Bertz CT molecular complexity index is 946. The van der Waals surface area contributed by atoms with Crippen LogP contribution in [0.1, 0.15) is 16.1 Å². The van der Waals surface area contributed by atoms with Crippen LogP contribution in [0.15, 0.2) is 54.6 Å². The highest BCUT2D eigenvalue weighted by Gasteiger charge is 2.08. The summed E-state index contributed by atoms with van der Waals surface area (Å²) in [6, 6.07) is 14.7. The lowest BCUT2D eigenvalue weighted by molar-refractivity contribution is 0.0601. The second-order valence-corrected chi connectivity index (χ2v) is 5.55. The zero-order valence-electron chi connectivity index (χ0n) is 14.3. The van der Waals surface area contributed by atoms with Crippen molar-refractivity contribution < 1.29 is 13.9 Å². The predicted octanol–water partition coefficient (Wildman–Crippen LogP) is 4.20. The van der Waals surface area contributed by atoms with Gasteiger partial charge in [0.2, 0.25) is 5.95 Å². The van der Waals surface area contributed by atoms with E-state index in [1.54, 1.807) is 36.4 Å². The van der Waals surface area contributed by atoms with E-state index < -0.39 is 5.97 Å². The fourth-order valence-electron chi connectivity index (χ4n) is 2.37. The molecule has 0 aliphatic heterocycles. The van der Waals surface area contributed by atoms with Gasteiger partial charge in [0.05, 0.1) is 12.7 Å². The van der Waals surface area contributed by atoms with E-state index in [0.29, 0.717) is 28.7 Å². The van der Waals surface area contributed by atoms with Gasteiger partial charge in [0, 0.05) is 23.1 Å². The first kappa shape index (κ1) is 17.3. The first-order chi connectivity index (χ1) is 12.5. The van der Waals surface area contributed by atoms with E-state index in [2.05, 4.69) is 20.6 Å². The number of methoxy groups -OCH3 is 1. The predicted molar refractivity (Wildman–Crippen MR) is 97.5 cm³/mol. The second kappa shape index (κ2) is 7.60. The van der Waals surface area contributed by atoms with Crippen molar-refractivity contribution in [1.82, 2.24) is 9.97 Å². The van der Waals surface area contributed by atoms with Crippen molar-refractivity contribution in [3.05, 3.63) is 71.7 Å². The van der Waals surface area contributed by atoms with Crippen LogP contribution >= 0.6 is 0 Å². The van der Waals surface area contributed by atoms with E-state index in [-0.39, 0.29) is 5.82 Å². The van der Waals surface area contributed by atoms with Crippen molar-refractivity contribution in [3.63, 3.8) is 0 Å². The Labute approximate surface area is 150 Å². The SMILES string of the molecule is COC(=O)c1cccc(Nc2cc(C)nc(Nc3cccc(F)c3)n2)c1. The molecule has 26 heavy (non-hydrogen) atoms. The number of benzene rings is 2. The van der Waals surface area contributed by atoms with Crippen LogP contribution in [0.4, 0.5) is 27.5 Å². The van der Waals surface area contributed by atoms with Gasteiger partial charge in [-0.2, -0.15) is 4.98 Å². The van der Waals surface area contributed by atoms with Gasteiger partial charge in [0.15, 0.2) is 0 Å². The number of halogens is 1. The molecule has 1 aromatic heterocycles. The zero-order valence-corrected chi connectivity index (χ0v) is 14.3. The smallest absolute Gasteiger partial charge is 0.337 e. The lowest BCUT2D eigenvalue weighted by Gasteiger charge is -2.11. The quantitative estimate of drug-likeness (QED) is 0.670. The van der Waals surface area contributed by atoms with E-state index in [1.165, 1.54) is 19.2 Å². The molecule has 0 spiro atoms. The van der Waals surface area contributed by atoms with Gasteiger partial charge in [-0.25, -0.2) is 14.2 Å². The normalized spacial score (nSPS) is 10.3. The number of aryl methyl sites for hydroxylation is 1. The molecule has 0 radical (unpaired) electrons. The third kappa shape index (κ3) is 4.32. The summed E-state index contributed by atoms with van der Waals surface area (Å²) in [4.78, 5) is 20.3. The van der Waals surface area contributed by atoms with Crippen molar-refractivity contribution in [2.75, 3.05) is 17.7 Å². The van der Waals surface area contributed by atoms with Gasteiger partial charge in [-0.3, -0.25) is 0 Å². The average Bonchev–Trinajstić information content (AvgIpc) is 2.60. The van der Waals surface area contributed by atoms with E-state index in [9.17, 15) is 9.18 Å². The highest BCUT2D eigenvalue weighted by Crippen LogP contribution is 2.20. The van der Waals surface area contributed by atoms with Gasteiger partial charge in [0.1, 0.15) is 11.6 Å². The minimum absolute atomic E-state index is 0.335. The Morgan fingerprint density at radius 1 is 1.00 bits per heavy atom. The lowest BCUT2D eigenvalue weighted by Crippen LogP contribution is -2.04. The number of hydrogen-bond donors (Lipinski definition) is 2. The summed E-state index contributed by atoms with van der Waals surface area (Å²) in [5.74, 6) is 0.113. The van der Waals surface area contributed by atoms with Gasteiger partial charge in [0.25, 0.3) is 0 Å². The molecular formula is C19H17FN4O2. The number of aromatic nitrogens is 2. The van der Waals surface area contributed by atoms with Crippen molar-refractivity contribution >= 4 is 29.1 Å². The summed E-state index contributed by atoms with van der Waals surface area (Å²) >= 11 is 0.